The van der Waals surface area contributed by atoms with Crippen molar-refractivity contribution in [3.63, 3.8) is 0 Å². The van der Waals surface area contributed by atoms with Gasteiger partial charge in [0, 0.05) is 5.69 Å². The van der Waals surface area contributed by atoms with Crippen molar-refractivity contribution >= 4 is 39.7 Å². The number of carbonyl (C=O) groups excluding carboxylic acids is 1. The molecule has 1 aliphatic rings. The number of anilines is 2. The van der Waals surface area contributed by atoms with Crippen LogP contribution in [0.3, 0.4) is 0 Å². The number of benzene rings is 2. The van der Waals surface area contributed by atoms with E-state index in [1.54, 1.807) is 42.5 Å². The van der Waals surface area contributed by atoms with Gasteiger partial charge >= 0.3 is 0 Å². The Labute approximate surface area is 159 Å². The molecule has 140 valence electrons. The first-order valence-corrected chi connectivity index (χ1v) is 9.70. The molecule has 1 saturated carbocycles. The van der Waals surface area contributed by atoms with Crippen molar-refractivity contribution in [2.45, 2.75) is 17.7 Å². The van der Waals surface area contributed by atoms with E-state index in [-0.39, 0.29) is 29.8 Å². The molecule has 0 radical (unpaired) electrons. The van der Waals surface area contributed by atoms with Crippen LogP contribution in [0.25, 0.3) is 0 Å². The van der Waals surface area contributed by atoms with Gasteiger partial charge in [-0.2, -0.15) is 0 Å². The number of hydrogen-bond donors (Lipinski definition) is 3. The molecule has 0 atom stereocenters. The van der Waals surface area contributed by atoms with Crippen molar-refractivity contribution in [2.75, 3.05) is 23.1 Å². The van der Waals surface area contributed by atoms with Crippen LogP contribution in [-0.4, -0.2) is 27.4 Å². The highest BCUT2D eigenvalue weighted by Crippen LogP contribution is 2.27. The van der Waals surface area contributed by atoms with E-state index in [0.29, 0.717) is 17.3 Å². The molecule has 1 amide bonds. The monoisotopic (exact) mass is 395 g/mol. The van der Waals surface area contributed by atoms with E-state index < -0.39 is 10.0 Å². The molecule has 2 aromatic rings. The smallest absolute Gasteiger partial charge is 0.261 e. The van der Waals surface area contributed by atoms with Crippen LogP contribution < -0.4 is 15.4 Å². The lowest BCUT2D eigenvalue weighted by molar-refractivity contribution is -0.115. The van der Waals surface area contributed by atoms with Crippen LogP contribution in [0.2, 0.25) is 0 Å². The van der Waals surface area contributed by atoms with Crippen LogP contribution in [0.5, 0.6) is 0 Å². The minimum atomic E-state index is -3.65. The van der Waals surface area contributed by atoms with Crippen molar-refractivity contribution in [3.05, 3.63) is 54.6 Å². The molecule has 26 heavy (non-hydrogen) atoms. The van der Waals surface area contributed by atoms with Crippen LogP contribution in [0.1, 0.15) is 12.8 Å². The third-order valence-corrected chi connectivity index (χ3v) is 5.26. The van der Waals surface area contributed by atoms with Gasteiger partial charge in [0.05, 0.1) is 17.1 Å². The van der Waals surface area contributed by atoms with Crippen LogP contribution in [0, 0.1) is 5.92 Å². The predicted octanol–water partition coefficient (Wildman–Crippen LogP) is 2.85. The minimum absolute atomic E-state index is 0. The Morgan fingerprint density at radius 3 is 2.38 bits per heavy atom. The Bertz CT molecular complexity index is 840. The predicted molar refractivity (Wildman–Crippen MR) is 105 cm³/mol. The number of rotatable bonds is 8. The molecule has 8 heteroatoms. The molecule has 3 rings (SSSR count). The van der Waals surface area contributed by atoms with Gasteiger partial charge in [0.25, 0.3) is 10.0 Å². The fourth-order valence-corrected chi connectivity index (χ4v) is 3.46. The third kappa shape index (κ3) is 6.01. The summed E-state index contributed by atoms with van der Waals surface area (Å²) >= 11 is 0. The van der Waals surface area contributed by atoms with Gasteiger partial charge in [-0.3, -0.25) is 9.52 Å². The van der Waals surface area contributed by atoms with Gasteiger partial charge in [0.1, 0.15) is 0 Å². The molecule has 0 heterocycles. The van der Waals surface area contributed by atoms with Crippen LogP contribution in [-0.2, 0) is 14.8 Å². The first-order valence-electron chi connectivity index (χ1n) is 8.21. The van der Waals surface area contributed by atoms with Crippen LogP contribution in [0.15, 0.2) is 59.5 Å². The van der Waals surface area contributed by atoms with Gasteiger partial charge in [0.2, 0.25) is 5.91 Å². The van der Waals surface area contributed by atoms with Crippen molar-refractivity contribution in [2.24, 2.45) is 5.92 Å². The number of nitrogens with one attached hydrogen (secondary N) is 3. The molecule has 0 saturated heterocycles. The fraction of sp³-hybridized carbons (Fsp3) is 0.278. The molecule has 6 nitrogen and oxygen atoms in total. The maximum Gasteiger partial charge on any atom is 0.261 e. The summed E-state index contributed by atoms with van der Waals surface area (Å²) in [6.07, 6.45) is 2.47. The maximum atomic E-state index is 12.3. The Morgan fingerprint density at radius 2 is 1.69 bits per heavy atom. The summed E-state index contributed by atoms with van der Waals surface area (Å²) in [5.41, 5.74) is 0.944. The largest absolute Gasteiger partial charge is 0.325 e. The summed E-state index contributed by atoms with van der Waals surface area (Å²) in [7, 11) is -3.65. The lowest BCUT2D eigenvalue weighted by Gasteiger charge is -2.10. The first-order chi connectivity index (χ1) is 12.0. The topological polar surface area (TPSA) is 87.3 Å². The highest BCUT2D eigenvalue weighted by Gasteiger charge is 2.20. The van der Waals surface area contributed by atoms with Gasteiger partial charge in [-0.05, 0) is 55.6 Å². The molecule has 0 spiro atoms. The molecule has 1 fully saturated rings. The molecular formula is C18H22ClN3O3S. The lowest BCUT2D eigenvalue weighted by Crippen LogP contribution is -2.29. The number of carbonyl (C=O) groups is 1. The second-order valence-electron chi connectivity index (χ2n) is 6.12. The Hall–Kier alpha value is -2.09. The zero-order chi connectivity index (χ0) is 17.7. The number of halogens is 1. The van der Waals surface area contributed by atoms with Gasteiger partial charge in [-0.1, -0.05) is 24.3 Å². The molecule has 3 N–H and O–H groups in total. The molecule has 0 bridgehead atoms. The highest BCUT2D eigenvalue weighted by atomic mass is 35.5. The summed E-state index contributed by atoms with van der Waals surface area (Å²) in [6, 6.07) is 14.8. The number of sulfonamides is 1. The average Bonchev–Trinajstić information content (AvgIpc) is 3.40. The molecule has 0 aromatic heterocycles. The van der Waals surface area contributed by atoms with Crippen molar-refractivity contribution in [1.29, 1.82) is 0 Å². The standard InChI is InChI=1S/C18H21N3O3S.ClH/c22-18(13-19-12-14-9-10-14)20-15-5-4-6-16(11-15)21-25(23,24)17-7-2-1-3-8-17;/h1-8,11,14,19,21H,9-10,12-13H2,(H,20,22);1H. The Kier molecular flexibility index (Phi) is 7.02. The first kappa shape index (κ1) is 20.2. The van der Waals surface area contributed by atoms with Gasteiger partial charge in [0.15, 0.2) is 0 Å². The van der Waals surface area contributed by atoms with Gasteiger partial charge in [-0.25, -0.2) is 8.42 Å². The lowest BCUT2D eigenvalue weighted by atomic mass is 10.3. The second-order valence-corrected chi connectivity index (χ2v) is 7.80. The molecule has 2 aromatic carbocycles. The van der Waals surface area contributed by atoms with Crippen LogP contribution >= 0.6 is 12.4 Å². The third-order valence-electron chi connectivity index (χ3n) is 3.87. The molecular weight excluding hydrogens is 374 g/mol. The van der Waals surface area contributed by atoms with Gasteiger partial charge in [-0.15, -0.1) is 12.4 Å². The van der Waals surface area contributed by atoms with Crippen molar-refractivity contribution in [1.82, 2.24) is 5.32 Å². The highest BCUT2D eigenvalue weighted by molar-refractivity contribution is 7.92. The second kappa shape index (κ2) is 9.02. The average molecular weight is 396 g/mol. The normalized spacial score (nSPS) is 13.5. The van der Waals surface area contributed by atoms with E-state index >= 15 is 0 Å². The van der Waals surface area contributed by atoms with Gasteiger partial charge < -0.3 is 10.6 Å². The van der Waals surface area contributed by atoms with Crippen molar-refractivity contribution in [3.8, 4) is 0 Å². The summed E-state index contributed by atoms with van der Waals surface area (Å²) in [5.74, 6) is 0.562. The molecule has 0 aliphatic heterocycles. The van der Waals surface area contributed by atoms with E-state index in [9.17, 15) is 13.2 Å². The Morgan fingerprint density at radius 1 is 1.00 bits per heavy atom. The quantitative estimate of drug-likeness (QED) is 0.641. The SMILES string of the molecule is Cl.O=C(CNCC1CC1)Nc1cccc(NS(=O)(=O)c2ccccc2)c1. The Balaban J connectivity index is 0.00000243. The number of hydrogen-bond acceptors (Lipinski definition) is 4. The van der Waals surface area contributed by atoms with Crippen LogP contribution in [0.4, 0.5) is 11.4 Å². The maximum absolute atomic E-state index is 12.3. The molecule has 0 unspecified atom stereocenters. The molecule has 1 aliphatic carbocycles. The zero-order valence-corrected chi connectivity index (χ0v) is 15.8. The van der Waals surface area contributed by atoms with E-state index in [2.05, 4.69) is 15.4 Å². The van der Waals surface area contributed by atoms with E-state index in [0.717, 1.165) is 6.54 Å². The summed E-state index contributed by atoms with van der Waals surface area (Å²) in [6.45, 7) is 1.11. The summed E-state index contributed by atoms with van der Waals surface area (Å²) in [5, 5.41) is 5.88. The number of amides is 1. The zero-order valence-electron chi connectivity index (χ0n) is 14.1. The van der Waals surface area contributed by atoms with E-state index in [4.69, 9.17) is 0 Å². The fourth-order valence-electron chi connectivity index (χ4n) is 2.39. The summed E-state index contributed by atoms with van der Waals surface area (Å²) in [4.78, 5) is 12.1. The van der Waals surface area contributed by atoms with E-state index in [1.165, 1.54) is 25.0 Å². The summed E-state index contributed by atoms with van der Waals surface area (Å²) < 4.78 is 27.2. The van der Waals surface area contributed by atoms with Crippen molar-refractivity contribution < 1.29 is 13.2 Å². The van der Waals surface area contributed by atoms with E-state index in [1.807, 2.05) is 0 Å². The minimum Gasteiger partial charge on any atom is -0.325 e.